The van der Waals surface area contributed by atoms with Gasteiger partial charge in [-0.15, -0.1) is 11.3 Å². The number of aryl methyl sites for hydroxylation is 1. The fourth-order valence-electron chi connectivity index (χ4n) is 2.31. The smallest absolute Gasteiger partial charge is 0.0897 e. The third kappa shape index (κ3) is 3.54. The Bertz CT molecular complexity index is 318. The van der Waals surface area contributed by atoms with Gasteiger partial charge in [-0.25, -0.2) is 4.98 Å². The van der Waals surface area contributed by atoms with Crippen LogP contribution in [0.2, 0.25) is 0 Å². The van der Waals surface area contributed by atoms with Crippen molar-refractivity contribution in [2.24, 2.45) is 5.92 Å². The summed E-state index contributed by atoms with van der Waals surface area (Å²) >= 11 is 1.81. The van der Waals surface area contributed by atoms with E-state index in [0.29, 0.717) is 0 Å². The molecular weight excluding hydrogens is 218 g/mol. The van der Waals surface area contributed by atoms with E-state index in [9.17, 15) is 0 Å². The van der Waals surface area contributed by atoms with Crippen LogP contribution in [0, 0.1) is 12.8 Å². The summed E-state index contributed by atoms with van der Waals surface area (Å²) in [6, 6.07) is 0. The van der Waals surface area contributed by atoms with Crippen molar-refractivity contribution in [2.75, 3.05) is 26.7 Å². The Morgan fingerprint density at radius 3 is 2.88 bits per heavy atom. The molecule has 1 aliphatic rings. The molecule has 0 amide bonds. The van der Waals surface area contributed by atoms with Gasteiger partial charge >= 0.3 is 0 Å². The second-order valence-electron chi connectivity index (χ2n) is 4.74. The van der Waals surface area contributed by atoms with Crippen molar-refractivity contribution in [3.05, 3.63) is 16.1 Å². The van der Waals surface area contributed by atoms with E-state index in [-0.39, 0.29) is 0 Å². The standard InChI is InChI=1S/C12H21N3S/c1-10-14-7-12(16-10)9-15(2)8-11-3-5-13-6-4-11/h7,11,13H,3-6,8-9H2,1-2H3. The predicted octanol–water partition coefficient (Wildman–Crippen LogP) is 1.88. The molecule has 1 aliphatic heterocycles. The van der Waals surface area contributed by atoms with Crippen LogP contribution < -0.4 is 5.32 Å². The number of nitrogens with zero attached hydrogens (tertiary/aromatic N) is 2. The molecule has 1 N–H and O–H groups in total. The van der Waals surface area contributed by atoms with E-state index in [1.165, 1.54) is 42.4 Å². The van der Waals surface area contributed by atoms with Gasteiger partial charge in [-0.1, -0.05) is 0 Å². The van der Waals surface area contributed by atoms with Crippen LogP contribution in [0.3, 0.4) is 0 Å². The first kappa shape index (κ1) is 12.0. The van der Waals surface area contributed by atoms with E-state index < -0.39 is 0 Å². The fourth-order valence-corrected chi connectivity index (χ4v) is 3.19. The first-order valence-corrected chi connectivity index (χ1v) is 6.86. The van der Waals surface area contributed by atoms with Crippen molar-refractivity contribution >= 4 is 11.3 Å². The molecule has 2 rings (SSSR count). The van der Waals surface area contributed by atoms with Crippen LogP contribution in [0.25, 0.3) is 0 Å². The molecule has 0 unspecified atom stereocenters. The molecular formula is C12H21N3S. The molecule has 4 heteroatoms. The maximum Gasteiger partial charge on any atom is 0.0897 e. The summed E-state index contributed by atoms with van der Waals surface area (Å²) < 4.78 is 0. The molecule has 0 aromatic carbocycles. The SMILES string of the molecule is Cc1ncc(CN(C)CC2CCNCC2)s1. The van der Waals surface area contributed by atoms with Crippen molar-refractivity contribution in [2.45, 2.75) is 26.3 Å². The summed E-state index contributed by atoms with van der Waals surface area (Å²) in [5.74, 6) is 0.875. The third-order valence-electron chi connectivity index (χ3n) is 3.12. The van der Waals surface area contributed by atoms with Gasteiger partial charge in [0.05, 0.1) is 5.01 Å². The number of aromatic nitrogens is 1. The predicted molar refractivity (Wildman–Crippen MR) is 68.8 cm³/mol. The summed E-state index contributed by atoms with van der Waals surface area (Å²) in [5, 5.41) is 4.59. The zero-order valence-corrected chi connectivity index (χ0v) is 11.0. The summed E-state index contributed by atoms with van der Waals surface area (Å²) in [5.41, 5.74) is 0. The fraction of sp³-hybridized carbons (Fsp3) is 0.750. The maximum atomic E-state index is 4.30. The number of rotatable bonds is 4. The maximum absolute atomic E-state index is 4.30. The Morgan fingerprint density at radius 1 is 1.50 bits per heavy atom. The normalized spacial score (nSPS) is 18.2. The van der Waals surface area contributed by atoms with E-state index in [2.05, 4.69) is 29.2 Å². The molecule has 1 fully saturated rings. The van der Waals surface area contributed by atoms with Gasteiger partial charge in [0.1, 0.15) is 0 Å². The monoisotopic (exact) mass is 239 g/mol. The molecule has 1 saturated heterocycles. The lowest BCUT2D eigenvalue weighted by Gasteiger charge is -2.27. The molecule has 0 spiro atoms. The van der Waals surface area contributed by atoms with Crippen LogP contribution in [-0.4, -0.2) is 36.6 Å². The van der Waals surface area contributed by atoms with Crippen molar-refractivity contribution in [3.8, 4) is 0 Å². The molecule has 0 saturated carbocycles. The molecule has 1 aromatic heterocycles. The topological polar surface area (TPSA) is 28.2 Å². The lowest BCUT2D eigenvalue weighted by Crippen LogP contribution is -2.34. The quantitative estimate of drug-likeness (QED) is 0.869. The van der Waals surface area contributed by atoms with E-state index >= 15 is 0 Å². The molecule has 0 radical (unpaired) electrons. The third-order valence-corrected chi connectivity index (χ3v) is 4.02. The number of nitrogens with one attached hydrogen (secondary N) is 1. The summed E-state index contributed by atoms with van der Waals surface area (Å²) in [6.45, 7) is 6.73. The Morgan fingerprint density at radius 2 is 2.25 bits per heavy atom. The van der Waals surface area contributed by atoms with Gasteiger partial charge in [0.25, 0.3) is 0 Å². The number of piperidine rings is 1. The number of hydrogen-bond donors (Lipinski definition) is 1. The summed E-state index contributed by atoms with van der Waals surface area (Å²) in [6.07, 6.45) is 4.66. The first-order valence-electron chi connectivity index (χ1n) is 6.04. The van der Waals surface area contributed by atoms with E-state index in [0.717, 1.165) is 12.5 Å². The lowest BCUT2D eigenvalue weighted by molar-refractivity contribution is 0.236. The van der Waals surface area contributed by atoms with Crippen molar-refractivity contribution in [3.63, 3.8) is 0 Å². The first-order chi connectivity index (χ1) is 7.74. The van der Waals surface area contributed by atoms with E-state index in [4.69, 9.17) is 0 Å². The van der Waals surface area contributed by atoms with Gasteiger partial charge in [0.2, 0.25) is 0 Å². The van der Waals surface area contributed by atoms with Crippen LogP contribution in [-0.2, 0) is 6.54 Å². The van der Waals surface area contributed by atoms with Crippen LogP contribution >= 0.6 is 11.3 Å². The highest BCUT2D eigenvalue weighted by Gasteiger charge is 2.15. The Kier molecular flexibility index (Phi) is 4.32. The minimum atomic E-state index is 0.875. The molecule has 0 aliphatic carbocycles. The summed E-state index contributed by atoms with van der Waals surface area (Å²) in [7, 11) is 2.22. The van der Waals surface area contributed by atoms with Gasteiger partial charge in [-0.2, -0.15) is 0 Å². The summed E-state index contributed by atoms with van der Waals surface area (Å²) in [4.78, 5) is 8.12. The highest BCUT2D eigenvalue weighted by molar-refractivity contribution is 7.11. The number of thiazole rings is 1. The van der Waals surface area contributed by atoms with E-state index in [1.54, 1.807) is 0 Å². The highest BCUT2D eigenvalue weighted by Crippen LogP contribution is 2.17. The Labute approximate surface area is 102 Å². The molecule has 0 atom stereocenters. The lowest BCUT2D eigenvalue weighted by atomic mass is 9.98. The van der Waals surface area contributed by atoms with E-state index in [1.807, 2.05) is 17.5 Å². The van der Waals surface area contributed by atoms with Crippen molar-refractivity contribution in [1.29, 1.82) is 0 Å². The average Bonchev–Trinajstić information content (AvgIpc) is 2.65. The Hall–Kier alpha value is -0.450. The van der Waals surface area contributed by atoms with Crippen molar-refractivity contribution < 1.29 is 0 Å². The van der Waals surface area contributed by atoms with Crippen molar-refractivity contribution in [1.82, 2.24) is 15.2 Å². The molecule has 1 aromatic rings. The van der Waals surface area contributed by atoms with Crippen LogP contribution in [0.4, 0.5) is 0 Å². The molecule has 90 valence electrons. The molecule has 16 heavy (non-hydrogen) atoms. The molecule has 0 bridgehead atoms. The second kappa shape index (κ2) is 5.75. The largest absolute Gasteiger partial charge is 0.317 e. The molecule has 2 heterocycles. The van der Waals surface area contributed by atoms with Crippen LogP contribution in [0.15, 0.2) is 6.20 Å². The Balaban J connectivity index is 1.77. The minimum Gasteiger partial charge on any atom is -0.317 e. The highest BCUT2D eigenvalue weighted by atomic mass is 32.1. The van der Waals surface area contributed by atoms with Gasteiger partial charge in [-0.3, -0.25) is 0 Å². The number of hydrogen-bond acceptors (Lipinski definition) is 4. The second-order valence-corrected chi connectivity index (χ2v) is 6.06. The van der Waals surface area contributed by atoms with Gasteiger partial charge in [0, 0.05) is 24.2 Å². The van der Waals surface area contributed by atoms with Gasteiger partial charge < -0.3 is 10.2 Å². The average molecular weight is 239 g/mol. The van der Waals surface area contributed by atoms with Gasteiger partial charge in [-0.05, 0) is 45.8 Å². The zero-order valence-electron chi connectivity index (χ0n) is 10.2. The molecule has 3 nitrogen and oxygen atoms in total. The zero-order chi connectivity index (χ0) is 11.4. The van der Waals surface area contributed by atoms with Crippen LogP contribution in [0.1, 0.15) is 22.7 Å². The van der Waals surface area contributed by atoms with Crippen LogP contribution in [0.5, 0.6) is 0 Å². The minimum absolute atomic E-state index is 0.875. The van der Waals surface area contributed by atoms with Gasteiger partial charge in [0.15, 0.2) is 0 Å².